The van der Waals surface area contributed by atoms with Crippen LogP contribution in [0.4, 0.5) is 4.39 Å². The summed E-state index contributed by atoms with van der Waals surface area (Å²) in [5.41, 5.74) is 0.620. The molecule has 0 bridgehead atoms. The molecular formula is C33H44FNO3. The van der Waals surface area contributed by atoms with Crippen molar-refractivity contribution in [1.29, 1.82) is 0 Å². The lowest BCUT2D eigenvalue weighted by Gasteiger charge is -2.25. The van der Waals surface area contributed by atoms with Gasteiger partial charge >= 0.3 is 0 Å². The fourth-order valence-corrected chi connectivity index (χ4v) is 5.36. The van der Waals surface area contributed by atoms with Crippen molar-refractivity contribution in [3.8, 4) is 0 Å². The van der Waals surface area contributed by atoms with E-state index < -0.39 is 23.5 Å². The first-order valence-electron chi connectivity index (χ1n) is 14.6. The highest BCUT2D eigenvalue weighted by atomic mass is 19.1. The van der Waals surface area contributed by atoms with Gasteiger partial charge in [0, 0.05) is 17.7 Å². The van der Waals surface area contributed by atoms with Crippen LogP contribution in [0.25, 0.3) is 5.76 Å². The number of carbonyl (C=O) groups excluding carboxylic acids is 2. The number of likely N-dealkylation sites (tertiary alicyclic amines) is 1. The predicted octanol–water partition coefficient (Wildman–Crippen LogP) is 8.73. The number of hydrogen-bond donors (Lipinski definition) is 1. The lowest BCUT2D eigenvalue weighted by Crippen LogP contribution is -2.31. The van der Waals surface area contributed by atoms with Crippen molar-refractivity contribution in [2.45, 2.75) is 103 Å². The van der Waals surface area contributed by atoms with Crippen LogP contribution in [-0.2, 0) is 9.59 Å². The number of halogens is 1. The Hall–Kier alpha value is -2.95. The summed E-state index contributed by atoms with van der Waals surface area (Å²) in [7, 11) is 0. The molecule has 1 aliphatic heterocycles. The molecule has 1 aliphatic rings. The number of ketones is 1. The molecule has 1 amide bonds. The highest BCUT2D eigenvalue weighted by molar-refractivity contribution is 6.46. The van der Waals surface area contributed by atoms with Crippen LogP contribution in [0, 0.1) is 5.82 Å². The molecule has 0 saturated carbocycles. The quantitative estimate of drug-likeness (QED) is 0.0980. The topological polar surface area (TPSA) is 57.6 Å². The Kier molecular flexibility index (Phi) is 12.5. The first kappa shape index (κ1) is 29.6. The Morgan fingerprint density at radius 3 is 1.79 bits per heavy atom. The second-order valence-electron chi connectivity index (χ2n) is 10.5. The van der Waals surface area contributed by atoms with Crippen molar-refractivity contribution < 1.29 is 19.1 Å². The Balaban J connectivity index is 1.51. The zero-order valence-corrected chi connectivity index (χ0v) is 23.0. The number of aliphatic hydroxyl groups is 1. The predicted molar refractivity (Wildman–Crippen MR) is 152 cm³/mol. The minimum absolute atomic E-state index is 0.0448. The molecule has 2 aromatic rings. The van der Waals surface area contributed by atoms with Gasteiger partial charge in [0.05, 0.1) is 11.6 Å². The zero-order valence-electron chi connectivity index (χ0n) is 23.0. The van der Waals surface area contributed by atoms with Crippen LogP contribution in [0.2, 0.25) is 0 Å². The van der Waals surface area contributed by atoms with Crippen molar-refractivity contribution in [2.24, 2.45) is 0 Å². The fraction of sp³-hybridized carbons (Fsp3) is 0.515. The number of unbranched alkanes of at least 4 members (excludes halogenated alkanes) is 13. The van der Waals surface area contributed by atoms with Crippen LogP contribution in [-0.4, -0.2) is 28.2 Å². The number of rotatable bonds is 17. The summed E-state index contributed by atoms with van der Waals surface area (Å²) < 4.78 is 14.9. The molecule has 0 unspecified atom stereocenters. The van der Waals surface area contributed by atoms with E-state index in [-0.39, 0.29) is 16.9 Å². The first-order valence-corrected chi connectivity index (χ1v) is 14.6. The van der Waals surface area contributed by atoms with E-state index in [1.807, 2.05) is 0 Å². The SMILES string of the molecule is CCCCCCCCCCCCCCCCN1C(=O)C(=O)C(=C(O)c2ccccc2)[C@H]1c1ccccc1F. The number of benzene rings is 2. The summed E-state index contributed by atoms with van der Waals surface area (Å²) in [6.07, 6.45) is 17.2. The van der Waals surface area contributed by atoms with Crippen LogP contribution in [0.15, 0.2) is 60.2 Å². The molecule has 38 heavy (non-hydrogen) atoms. The summed E-state index contributed by atoms with van der Waals surface area (Å²) in [5, 5.41) is 11.0. The van der Waals surface area contributed by atoms with Gasteiger partial charge in [-0.25, -0.2) is 4.39 Å². The molecular weight excluding hydrogens is 477 g/mol. The molecule has 0 aromatic heterocycles. The second kappa shape index (κ2) is 16.1. The van der Waals surface area contributed by atoms with E-state index >= 15 is 0 Å². The molecule has 206 valence electrons. The van der Waals surface area contributed by atoms with E-state index in [0.717, 1.165) is 19.3 Å². The van der Waals surface area contributed by atoms with Gasteiger partial charge in [-0.05, 0) is 12.5 Å². The van der Waals surface area contributed by atoms with Gasteiger partial charge in [-0.15, -0.1) is 0 Å². The Morgan fingerprint density at radius 2 is 1.24 bits per heavy atom. The van der Waals surface area contributed by atoms with Gasteiger partial charge in [0.2, 0.25) is 0 Å². The number of nitrogens with zero attached hydrogens (tertiary/aromatic N) is 1. The number of hydrogen-bond acceptors (Lipinski definition) is 3. The molecule has 1 heterocycles. The van der Waals surface area contributed by atoms with Gasteiger partial charge in [0.25, 0.3) is 11.7 Å². The fourth-order valence-electron chi connectivity index (χ4n) is 5.36. The Labute approximate surface area is 227 Å². The third kappa shape index (κ3) is 8.28. The van der Waals surface area contributed by atoms with E-state index in [0.29, 0.717) is 12.1 Å². The van der Waals surface area contributed by atoms with E-state index in [9.17, 15) is 19.1 Å². The van der Waals surface area contributed by atoms with E-state index in [2.05, 4.69) is 6.92 Å². The third-order valence-corrected chi connectivity index (χ3v) is 7.54. The molecule has 0 spiro atoms. The summed E-state index contributed by atoms with van der Waals surface area (Å²) in [4.78, 5) is 27.5. The summed E-state index contributed by atoms with van der Waals surface area (Å²) in [5.74, 6) is -2.19. The first-order chi connectivity index (χ1) is 18.6. The Morgan fingerprint density at radius 1 is 0.737 bits per heavy atom. The maximum Gasteiger partial charge on any atom is 0.295 e. The molecule has 5 heteroatoms. The van der Waals surface area contributed by atoms with E-state index in [1.54, 1.807) is 48.5 Å². The van der Waals surface area contributed by atoms with Crippen molar-refractivity contribution >= 4 is 17.4 Å². The third-order valence-electron chi connectivity index (χ3n) is 7.54. The van der Waals surface area contributed by atoms with Gasteiger partial charge in [-0.2, -0.15) is 0 Å². The van der Waals surface area contributed by atoms with Crippen LogP contribution in [0.5, 0.6) is 0 Å². The van der Waals surface area contributed by atoms with Crippen molar-refractivity contribution in [3.05, 3.63) is 77.1 Å². The molecule has 1 fully saturated rings. The van der Waals surface area contributed by atoms with Gasteiger partial charge in [0.1, 0.15) is 11.6 Å². The average molecular weight is 522 g/mol. The number of Topliss-reactive ketones (excluding diaryl/α,β-unsaturated/α-hetero) is 1. The second-order valence-corrected chi connectivity index (χ2v) is 10.5. The molecule has 3 rings (SSSR count). The van der Waals surface area contributed by atoms with Crippen LogP contribution in [0.3, 0.4) is 0 Å². The highest BCUT2D eigenvalue weighted by Crippen LogP contribution is 2.40. The maximum absolute atomic E-state index is 14.9. The van der Waals surface area contributed by atoms with E-state index in [1.165, 1.54) is 81.6 Å². The largest absolute Gasteiger partial charge is 0.507 e. The number of amides is 1. The van der Waals surface area contributed by atoms with Crippen molar-refractivity contribution in [1.82, 2.24) is 4.90 Å². The van der Waals surface area contributed by atoms with Crippen LogP contribution < -0.4 is 0 Å². The van der Waals surface area contributed by atoms with Gasteiger partial charge in [-0.1, -0.05) is 139 Å². The van der Waals surface area contributed by atoms with Crippen molar-refractivity contribution in [3.63, 3.8) is 0 Å². The van der Waals surface area contributed by atoms with Gasteiger partial charge in [0.15, 0.2) is 0 Å². The molecule has 2 aromatic carbocycles. The number of carbonyl (C=O) groups is 2. The molecule has 1 N–H and O–H groups in total. The molecule has 1 saturated heterocycles. The zero-order chi connectivity index (χ0) is 27.2. The lowest BCUT2D eigenvalue weighted by atomic mass is 9.95. The van der Waals surface area contributed by atoms with Crippen LogP contribution >= 0.6 is 0 Å². The maximum atomic E-state index is 14.9. The van der Waals surface area contributed by atoms with Crippen molar-refractivity contribution in [2.75, 3.05) is 6.54 Å². The molecule has 0 radical (unpaired) electrons. The lowest BCUT2D eigenvalue weighted by molar-refractivity contribution is -0.140. The number of aliphatic hydroxyl groups excluding tert-OH is 1. The molecule has 0 aliphatic carbocycles. The summed E-state index contributed by atoms with van der Waals surface area (Å²) in [6, 6.07) is 13.9. The Bertz CT molecular complexity index is 1050. The minimum atomic E-state index is -0.932. The summed E-state index contributed by atoms with van der Waals surface area (Å²) in [6.45, 7) is 2.61. The smallest absolute Gasteiger partial charge is 0.295 e. The van der Waals surface area contributed by atoms with Crippen LogP contribution in [0.1, 0.15) is 114 Å². The molecule has 4 nitrogen and oxygen atoms in total. The normalized spacial score (nSPS) is 16.9. The van der Waals surface area contributed by atoms with E-state index in [4.69, 9.17) is 0 Å². The average Bonchev–Trinajstić information content (AvgIpc) is 3.18. The minimum Gasteiger partial charge on any atom is -0.507 e. The van der Waals surface area contributed by atoms with Gasteiger partial charge < -0.3 is 10.0 Å². The highest BCUT2D eigenvalue weighted by Gasteiger charge is 2.46. The molecule has 1 atom stereocenters. The monoisotopic (exact) mass is 521 g/mol. The summed E-state index contributed by atoms with van der Waals surface area (Å²) >= 11 is 0. The standard InChI is InChI=1S/C33H44FNO3/c1-2-3-4-5-6-7-8-9-10-11-12-13-14-20-25-35-30(27-23-18-19-24-28(27)34)29(32(37)33(35)38)31(36)26-21-16-15-17-22-26/h15-19,21-24,30,36H,2-14,20,25H2,1H3/t30-/m1/s1. The van der Waals surface area contributed by atoms with Gasteiger partial charge in [-0.3, -0.25) is 9.59 Å².